The molecule has 0 unspecified atom stereocenters. The van der Waals surface area contributed by atoms with E-state index >= 15 is 0 Å². The van der Waals surface area contributed by atoms with Crippen molar-refractivity contribution < 1.29 is 23.4 Å². The zero-order valence-corrected chi connectivity index (χ0v) is 20.8. The van der Waals surface area contributed by atoms with Crippen molar-refractivity contribution in [1.82, 2.24) is 5.32 Å². The van der Waals surface area contributed by atoms with Crippen molar-refractivity contribution in [3.8, 4) is 17.2 Å². The highest BCUT2D eigenvalue weighted by Gasteiger charge is 2.18. The predicted molar refractivity (Wildman–Crippen MR) is 129 cm³/mol. The van der Waals surface area contributed by atoms with Crippen molar-refractivity contribution in [2.24, 2.45) is 0 Å². The van der Waals surface area contributed by atoms with E-state index in [1.807, 2.05) is 6.07 Å². The van der Waals surface area contributed by atoms with E-state index in [2.05, 4.69) is 39.9 Å². The molecular formula is C27H33NO5. The van der Waals surface area contributed by atoms with Gasteiger partial charge in [0.25, 0.3) is 5.91 Å². The number of furan rings is 1. The first-order chi connectivity index (χ1) is 15.7. The van der Waals surface area contributed by atoms with E-state index in [1.54, 1.807) is 39.5 Å². The van der Waals surface area contributed by atoms with Crippen LogP contribution in [0.1, 0.15) is 55.3 Å². The summed E-state index contributed by atoms with van der Waals surface area (Å²) in [6, 6.07) is 7.09. The fourth-order valence-corrected chi connectivity index (χ4v) is 4.12. The second kappa shape index (κ2) is 10.0. The quantitative estimate of drug-likeness (QED) is 0.499. The molecule has 1 amide bonds. The Kier molecular flexibility index (Phi) is 7.36. The number of ether oxygens (including phenoxy) is 3. The van der Waals surface area contributed by atoms with Crippen LogP contribution in [0.5, 0.6) is 17.2 Å². The third-order valence-corrected chi connectivity index (χ3v) is 6.63. The van der Waals surface area contributed by atoms with Gasteiger partial charge in [-0.1, -0.05) is 0 Å². The number of hydrogen-bond acceptors (Lipinski definition) is 5. The molecule has 1 aromatic heterocycles. The highest BCUT2D eigenvalue weighted by Crippen LogP contribution is 2.34. The molecule has 0 saturated carbocycles. The number of carbonyl (C=O) groups excluding carboxylic acids is 1. The molecule has 3 aromatic rings. The van der Waals surface area contributed by atoms with E-state index in [0.29, 0.717) is 23.7 Å². The minimum absolute atomic E-state index is 0.222. The fourth-order valence-electron chi connectivity index (χ4n) is 4.12. The number of rotatable bonds is 8. The Bertz CT molecular complexity index is 1120. The zero-order valence-electron chi connectivity index (χ0n) is 20.8. The van der Waals surface area contributed by atoms with Crippen LogP contribution in [0, 0.1) is 34.6 Å². The Morgan fingerprint density at radius 1 is 0.788 bits per heavy atom. The predicted octanol–water partition coefficient (Wildman–Crippen LogP) is 5.37. The van der Waals surface area contributed by atoms with Crippen molar-refractivity contribution in [3.05, 3.63) is 74.7 Å². The van der Waals surface area contributed by atoms with E-state index in [9.17, 15) is 4.79 Å². The summed E-state index contributed by atoms with van der Waals surface area (Å²) in [5.74, 6) is 2.49. The Morgan fingerprint density at radius 2 is 1.33 bits per heavy atom. The Labute approximate surface area is 195 Å². The number of hydrogen-bond donors (Lipinski definition) is 1. The molecule has 6 nitrogen and oxygen atoms in total. The van der Waals surface area contributed by atoms with E-state index < -0.39 is 0 Å². The highest BCUT2D eigenvalue weighted by molar-refractivity contribution is 5.91. The van der Waals surface area contributed by atoms with Crippen LogP contribution in [0.25, 0.3) is 0 Å². The summed E-state index contributed by atoms with van der Waals surface area (Å²) in [7, 11) is 4.71. The van der Waals surface area contributed by atoms with Gasteiger partial charge in [-0.3, -0.25) is 4.79 Å². The van der Waals surface area contributed by atoms with Gasteiger partial charge >= 0.3 is 0 Å². The van der Waals surface area contributed by atoms with E-state index in [1.165, 1.54) is 33.4 Å². The van der Waals surface area contributed by atoms with Gasteiger partial charge in [-0.25, -0.2) is 0 Å². The van der Waals surface area contributed by atoms with Gasteiger partial charge in [0.2, 0.25) is 0 Å². The van der Waals surface area contributed by atoms with Crippen LogP contribution in [-0.4, -0.2) is 27.2 Å². The fraction of sp³-hybridized carbons (Fsp3) is 0.370. The first-order valence-corrected chi connectivity index (χ1v) is 10.9. The molecule has 0 radical (unpaired) electrons. The summed E-state index contributed by atoms with van der Waals surface area (Å²) < 4.78 is 22.1. The second-order valence-corrected chi connectivity index (χ2v) is 8.24. The first kappa shape index (κ1) is 24.2. The van der Waals surface area contributed by atoms with Gasteiger partial charge in [0.05, 0.1) is 33.4 Å². The second-order valence-electron chi connectivity index (χ2n) is 8.24. The minimum atomic E-state index is -0.300. The Hall–Kier alpha value is -3.41. The smallest absolute Gasteiger partial charge is 0.287 e. The summed E-state index contributed by atoms with van der Waals surface area (Å²) in [6.45, 7) is 11.0. The Morgan fingerprint density at radius 3 is 1.85 bits per heavy atom. The maximum Gasteiger partial charge on any atom is 0.287 e. The zero-order chi connectivity index (χ0) is 24.3. The van der Waals surface area contributed by atoms with Crippen LogP contribution >= 0.6 is 0 Å². The molecule has 0 saturated heterocycles. The summed E-state index contributed by atoms with van der Waals surface area (Å²) in [5, 5.41) is 2.89. The van der Waals surface area contributed by atoms with Gasteiger partial charge < -0.3 is 23.9 Å². The Balaban J connectivity index is 1.77. The lowest BCUT2D eigenvalue weighted by atomic mass is 9.88. The third-order valence-electron chi connectivity index (χ3n) is 6.63. The number of carbonyl (C=O) groups is 1. The number of nitrogens with one attached hydrogen (secondary N) is 1. The van der Waals surface area contributed by atoms with Crippen molar-refractivity contribution in [2.75, 3.05) is 21.3 Å². The third kappa shape index (κ3) is 4.85. The van der Waals surface area contributed by atoms with Crippen LogP contribution in [-0.2, 0) is 13.0 Å². The molecule has 0 aliphatic rings. The number of benzene rings is 2. The summed E-state index contributed by atoms with van der Waals surface area (Å²) in [4.78, 5) is 12.8. The average Bonchev–Trinajstić information content (AvgIpc) is 3.30. The molecule has 3 rings (SSSR count). The maximum absolute atomic E-state index is 12.8. The molecule has 0 aliphatic carbocycles. The van der Waals surface area contributed by atoms with Gasteiger partial charge in [0.15, 0.2) is 5.76 Å². The summed E-state index contributed by atoms with van der Waals surface area (Å²) in [5.41, 5.74) is 8.47. The van der Waals surface area contributed by atoms with Gasteiger partial charge in [0.1, 0.15) is 23.0 Å². The van der Waals surface area contributed by atoms with Crippen LogP contribution in [0.3, 0.4) is 0 Å². The average molecular weight is 452 g/mol. The largest absolute Gasteiger partial charge is 0.496 e. The lowest BCUT2D eigenvalue weighted by Crippen LogP contribution is -2.23. The molecule has 2 aromatic carbocycles. The van der Waals surface area contributed by atoms with Gasteiger partial charge in [-0.15, -0.1) is 0 Å². The van der Waals surface area contributed by atoms with Gasteiger partial charge in [-0.05, 0) is 80.1 Å². The number of methoxy groups -OCH3 is 3. The molecule has 0 aliphatic heterocycles. The van der Waals surface area contributed by atoms with Crippen molar-refractivity contribution in [2.45, 2.75) is 47.6 Å². The van der Waals surface area contributed by atoms with E-state index in [-0.39, 0.29) is 18.2 Å². The lowest BCUT2D eigenvalue weighted by Gasteiger charge is -2.18. The molecule has 0 fully saturated rings. The normalized spacial score (nSPS) is 10.8. The SMILES string of the molecule is COc1cc(OC)c(CNC(=O)c2ccc(Cc3c(C)c(C)c(C)c(C)c3C)o2)c(OC)c1. The standard InChI is InChI=1S/C27H33NO5/c1-15-16(2)18(4)22(19(5)17(15)3)11-20-9-10-24(33-20)27(29)28-14-23-25(31-7)12-21(30-6)13-26(23)32-8/h9-10,12-13H,11,14H2,1-8H3,(H,28,29). The monoisotopic (exact) mass is 451 g/mol. The molecule has 0 bridgehead atoms. The van der Waals surface area contributed by atoms with Gasteiger partial charge in [0, 0.05) is 18.6 Å². The molecule has 176 valence electrons. The molecule has 33 heavy (non-hydrogen) atoms. The summed E-state index contributed by atoms with van der Waals surface area (Å²) in [6.07, 6.45) is 0.646. The highest BCUT2D eigenvalue weighted by atomic mass is 16.5. The molecule has 1 heterocycles. The first-order valence-electron chi connectivity index (χ1n) is 10.9. The number of amides is 1. The van der Waals surface area contributed by atoms with Crippen LogP contribution in [0.2, 0.25) is 0 Å². The molecular weight excluding hydrogens is 418 g/mol. The van der Waals surface area contributed by atoms with E-state index in [4.69, 9.17) is 18.6 Å². The van der Waals surface area contributed by atoms with Crippen LogP contribution in [0.4, 0.5) is 0 Å². The molecule has 6 heteroatoms. The van der Waals surface area contributed by atoms with Crippen molar-refractivity contribution >= 4 is 5.91 Å². The van der Waals surface area contributed by atoms with Crippen LogP contribution in [0.15, 0.2) is 28.7 Å². The van der Waals surface area contributed by atoms with Crippen molar-refractivity contribution in [3.63, 3.8) is 0 Å². The molecule has 0 spiro atoms. The van der Waals surface area contributed by atoms with Crippen LogP contribution < -0.4 is 19.5 Å². The molecule has 1 N–H and O–H groups in total. The van der Waals surface area contributed by atoms with E-state index in [0.717, 1.165) is 11.3 Å². The van der Waals surface area contributed by atoms with Crippen molar-refractivity contribution in [1.29, 1.82) is 0 Å². The molecule has 0 atom stereocenters. The topological polar surface area (TPSA) is 69.9 Å². The lowest BCUT2D eigenvalue weighted by molar-refractivity contribution is 0.0921. The van der Waals surface area contributed by atoms with Gasteiger partial charge in [-0.2, -0.15) is 0 Å². The minimum Gasteiger partial charge on any atom is -0.496 e. The summed E-state index contributed by atoms with van der Waals surface area (Å²) >= 11 is 0. The maximum atomic E-state index is 12.8.